The fourth-order valence-electron chi connectivity index (χ4n) is 1.72. The van der Waals surface area contributed by atoms with Gasteiger partial charge in [0.25, 0.3) is 5.56 Å². The summed E-state index contributed by atoms with van der Waals surface area (Å²) in [5, 5.41) is 2.55. The van der Waals surface area contributed by atoms with E-state index < -0.39 is 11.7 Å². The van der Waals surface area contributed by atoms with E-state index in [1.54, 1.807) is 0 Å². The van der Waals surface area contributed by atoms with Crippen molar-refractivity contribution in [2.45, 2.75) is 19.5 Å². The van der Waals surface area contributed by atoms with Crippen molar-refractivity contribution in [3.05, 3.63) is 51.9 Å². The van der Waals surface area contributed by atoms with Crippen molar-refractivity contribution in [1.29, 1.82) is 0 Å². The molecule has 0 aliphatic carbocycles. The topological polar surface area (TPSA) is 37.8 Å². The highest BCUT2D eigenvalue weighted by atomic mass is 19.4. The molecule has 2 rings (SSSR count). The fourth-order valence-corrected chi connectivity index (χ4v) is 1.72. The summed E-state index contributed by atoms with van der Waals surface area (Å²) in [6, 6.07) is 6.08. The van der Waals surface area contributed by atoms with Gasteiger partial charge >= 0.3 is 6.18 Å². The van der Waals surface area contributed by atoms with Crippen LogP contribution in [0.1, 0.15) is 18.2 Å². The number of aryl methyl sites for hydroxylation is 1. The van der Waals surface area contributed by atoms with Crippen molar-refractivity contribution in [3.63, 3.8) is 0 Å². The number of rotatable bonds is 2. The summed E-state index contributed by atoms with van der Waals surface area (Å²) >= 11 is 0. The maximum Gasteiger partial charge on any atom is 0.416 e. The highest BCUT2D eigenvalue weighted by molar-refractivity contribution is 5.36. The number of nitrogens with zero attached hydrogens (tertiary/aromatic N) is 1. The second-order valence-electron chi connectivity index (χ2n) is 3.85. The normalized spacial score (nSPS) is 11.8. The first-order chi connectivity index (χ1) is 8.41. The minimum atomic E-state index is -4.35. The molecule has 0 saturated heterocycles. The summed E-state index contributed by atoms with van der Waals surface area (Å²) < 4.78 is 38.7. The van der Waals surface area contributed by atoms with Crippen molar-refractivity contribution in [3.8, 4) is 5.69 Å². The van der Waals surface area contributed by atoms with Gasteiger partial charge in [0, 0.05) is 11.8 Å². The molecule has 96 valence electrons. The van der Waals surface area contributed by atoms with Crippen LogP contribution in [0.2, 0.25) is 0 Å². The quantitative estimate of drug-likeness (QED) is 0.881. The summed E-state index contributed by atoms with van der Waals surface area (Å²) in [5.74, 6) is 0. The number of benzene rings is 1. The number of hydrogen-bond donors (Lipinski definition) is 1. The van der Waals surface area contributed by atoms with Crippen molar-refractivity contribution in [1.82, 2.24) is 9.78 Å². The van der Waals surface area contributed by atoms with Crippen LogP contribution in [0.4, 0.5) is 13.2 Å². The van der Waals surface area contributed by atoms with Crippen LogP contribution in [-0.4, -0.2) is 9.78 Å². The van der Waals surface area contributed by atoms with Crippen molar-refractivity contribution in [2.75, 3.05) is 0 Å². The molecule has 0 fully saturated rings. The zero-order valence-electron chi connectivity index (χ0n) is 9.58. The van der Waals surface area contributed by atoms with E-state index in [2.05, 4.69) is 5.10 Å². The van der Waals surface area contributed by atoms with Gasteiger partial charge in [-0.2, -0.15) is 13.2 Å². The molecule has 0 radical (unpaired) electrons. The van der Waals surface area contributed by atoms with E-state index in [1.165, 1.54) is 22.9 Å². The Kier molecular flexibility index (Phi) is 3.02. The molecule has 18 heavy (non-hydrogen) atoms. The number of alkyl halides is 3. The van der Waals surface area contributed by atoms with E-state index in [0.29, 0.717) is 12.1 Å². The van der Waals surface area contributed by atoms with Gasteiger partial charge in [0.1, 0.15) is 0 Å². The number of hydrogen-bond acceptors (Lipinski definition) is 1. The second kappa shape index (κ2) is 4.36. The number of aromatic nitrogens is 2. The van der Waals surface area contributed by atoms with E-state index >= 15 is 0 Å². The lowest BCUT2D eigenvalue weighted by Gasteiger charge is -2.09. The lowest BCUT2D eigenvalue weighted by Crippen LogP contribution is -2.07. The van der Waals surface area contributed by atoms with Crippen molar-refractivity contribution >= 4 is 0 Å². The van der Waals surface area contributed by atoms with Crippen LogP contribution in [0.25, 0.3) is 5.69 Å². The average molecular weight is 256 g/mol. The third kappa shape index (κ3) is 2.32. The van der Waals surface area contributed by atoms with Crippen LogP contribution in [-0.2, 0) is 12.6 Å². The smallest absolute Gasteiger partial charge is 0.268 e. The molecule has 2 aromatic rings. The lowest BCUT2D eigenvalue weighted by atomic mass is 10.2. The minimum Gasteiger partial charge on any atom is -0.268 e. The van der Waals surface area contributed by atoms with E-state index in [0.717, 1.165) is 17.8 Å². The molecule has 0 amide bonds. The molecule has 1 heterocycles. The molecular weight excluding hydrogens is 245 g/mol. The van der Waals surface area contributed by atoms with Gasteiger partial charge in [-0.15, -0.1) is 0 Å². The molecule has 3 nitrogen and oxygen atoms in total. The van der Waals surface area contributed by atoms with Crippen LogP contribution >= 0.6 is 0 Å². The summed E-state index contributed by atoms with van der Waals surface area (Å²) in [7, 11) is 0. The first-order valence-corrected chi connectivity index (χ1v) is 5.40. The Bertz CT molecular complexity index is 593. The Labute approximate surface area is 101 Å². The van der Waals surface area contributed by atoms with Crippen molar-refractivity contribution in [2.24, 2.45) is 0 Å². The van der Waals surface area contributed by atoms with Gasteiger partial charge in [-0.05, 0) is 30.7 Å². The molecule has 0 saturated carbocycles. The van der Waals surface area contributed by atoms with Crippen LogP contribution < -0.4 is 5.56 Å². The Morgan fingerprint density at radius 3 is 2.33 bits per heavy atom. The zero-order valence-corrected chi connectivity index (χ0v) is 9.58. The largest absolute Gasteiger partial charge is 0.416 e. The van der Waals surface area contributed by atoms with Gasteiger partial charge in [-0.25, -0.2) is 0 Å². The molecule has 6 heteroatoms. The highest BCUT2D eigenvalue weighted by Gasteiger charge is 2.30. The summed E-state index contributed by atoms with van der Waals surface area (Å²) in [6.45, 7) is 1.86. The van der Waals surface area contributed by atoms with Crippen LogP contribution in [0.5, 0.6) is 0 Å². The maximum absolute atomic E-state index is 12.4. The Hall–Kier alpha value is -1.98. The highest BCUT2D eigenvalue weighted by Crippen LogP contribution is 2.29. The molecule has 0 spiro atoms. The van der Waals surface area contributed by atoms with Crippen LogP contribution in [0, 0.1) is 0 Å². The Balaban J connectivity index is 2.43. The maximum atomic E-state index is 12.4. The predicted octanol–water partition coefficient (Wildman–Crippen LogP) is 2.75. The number of nitrogens with one attached hydrogen (secondary N) is 1. The molecular formula is C12H11F3N2O. The van der Waals surface area contributed by atoms with Crippen LogP contribution in [0.15, 0.2) is 35.1 Å². The zero-order chi connectivity index (χ0) is 13.3. The molecule has 0 aliphatic heterocycles. The Morgan fingerprint density at radius 1 is 1.22 bits per heavy atom. The third-order valence-electron chi connectivity index (χ3n) is 2.62. The minimum absolute atomic E-state index is 0.272. The van der Waals surface area contributed by atoms with E-state index in [4.69, 9.17) is 0 Å². The first kappa shape index (κ1) is 12.5. The van der Waals surface area contributed by atoms with Crippen LogP contribution in [0.3, 0.4) is 0 Å². The van der Waals surface area contributed by atoms with Gasteiger partial charge in [0.05, 0.1) is 11.3 Å². The number of aromatic amines is 1. The number of H-pyrrole nitrogens is 1. The predicted molar refractivity (Wildman–Crippen MR) is 60.8 cm³/mol. The standard InChI is InChI=1S/C12H11F3N2O/c1-2-9-7-11(18)16-17(9)10-5-3-8(4-6-10)12(13,14)15/h3-7H,2H2,1H3,(H,16,18). The summed E-state index contributed by atoms with van der Waals surface area (Å²) in [4.78, 5) is 11.2. The van der Waals surface area contributed by atoms with E-state index in [1.807, 2.05) is 6.92 Å². The third-order valence-corrected chi connectivity index (χ3v) is 2.62. The van der Waals surface area contributed by atoms with Gasteiger partial charge < -0.3 is 0 Å². The van der Waals surface area contributed by atoms with Gasteiger partial charge in [0.2, 0.25) is 0 Å². The molecule has 0 bridgehead atoms. The van der Waals surface area contributed by atoms with Gasteiger partial charge in [-0.3, -0.25) is 14.6 Å². The SMILES string of the molecule is CCc1cc(=O)[nH]n1-c1ccc(C(F)(F)F)cc1. The lowest BCUT2D eigenvalue weighted by molar-refractivity contribution is -0.137. The molecule has 1 N–H and O–H groups in total. The monoisotopic (exact) mass is 256 g/mol. The molecule has 0 atom stereocenters. The molecule has 0 aliphatic rings. The molecule has 1 aromatic carbocycles. The van der Waals surface area contributed by atoms with Crippen molar-refractivity contribution < 1.29 is 13.2 Å². The molecule has 1 aromatic heterocycles. The average Bonchev–Trinajstić information content (AvgIpc) is 2.69. The first-order valence-electron chi connectivity index (χ1n) is 5.40. The number of halogens is 3. The summed E-state index contributed by atoms with van der Waals surface area (Å²) in [5.41, 5.74) is 0.243. The van der Waals surface area contributed by atoms with E-state index in [-0.39, 0.29) is 5.56 Å². The Morgan fingerprint density at radius 2 is 1.83 bits per heavy atom. The van der Waals surface area contributed by atoms with E-state index in [9.17, 15) is 18.0 Å². The molecule has 0 unspecified atom stereocenters. The second-order valence-corrected chi connectivity index (χ2v) is 3.85. The van der Waals surface area contributed by atoms with Gasteiger partial charge in [-0.1, -0.05) is 6.92 Å². The van der Waals surface area contributed by atoms with Gasteiger partial charge in [0.15, 0.2) is 0 Å². The fraction of sp³-hybridized carbons (Fsp3) is 0.250. The summed E-state index contributed by atoms with van der Waals surface area (Å²) in [6.07, 6.45) is -3.74.